The zero-order valence-electron chi connectivity index (χ0n) is 9.44. The summed E-state index contributed by atoms with van der Waals surface area (Å²) in [5.74, 6) is 2.37. The van der Waals surface area contributed by atoms with E-state index in [1.807, 2.05) is 18.2 Å². The van der Waals surface area contributed by atoms with Crippen LogP contribution in [0.1, 0.15) is 15.9 Å². The van der Waals surface area contributed by atoms with Gasteiger partial charge in [0.05, 0.1) is 6.08 Å². The Kier molecular flexibility index (Phi) is 3.06. The van der Waals surface area contributed by atoms with Crippen LogP contribution in [-0.2, 0) is 6.42 Å². The number of nitrogens with zero attached hydrogens (tertiary/aromatic N) is 1. The lowest BCUT2D eigenvalue weighted by Crippen LogP contribution is -2.31. The zero-order chi connectivity index (χ0) is 12.3. The summed E-state index contributed by atoms with van der Waals surface area (Å²) in [7, 11) is 0. The van der Waals surface area contributed by atoms with E-state index in [9.17, 15) is 4.79 Å². The number of allylic oxidation sites excluding steroid dienone is 1. The largest absolute Gasteiger partial charge is 0.352 e. The number of carbonyl (C=O) groups excluding carboxylic acids is 1. The molecule has 0 aromatic heterocycles. The molecule has 0 atom stereocenters. The van der Waals surface area contributed by atoms with E-state index >= 15 is 0 Å². The highest BCUT2D eigenvalue weighted by Crippen LogP contribution is 2.20. The molecule has 84 valence electrons. The predicted octanol–water partition coefficient (Wildman–Crippen LogP) is 1.46. The van der Waals surface area contributed by atoms with Gasteiger partial charge in [0.15, 0.2) is 6.20 Å². The Morgan fingerprint density at radius 3 is 3.12 bits per heavy atom. The first-order valence-corrected chi connectivity index (χ1v) is 5.36. The molecular formula is C14H13N2O+. The standard InChI is InChI=1S/C14H12N2O/c1-3-4-9-16(2)12-6-5-11-7-8-15-14(17)13(11)10-12/h1,4-6,9-10H,2,7-8H2/p+1. The molecule has 0 radical (unpaired) electrons. The van der Waals surface area contributed by atoms with Crippen LogP contribution in [0, 0.1) is 12.3 Å². The summed E-state index contributed by atoms with van der Waals surface area (Å²) in [6.45, 7) is 4.54. The molecule has 1 heterocycles. The maximum Gasteiger partial charge on any atom is 0.251 e. The predicted molar refractivity (Wildman–Crippen MR) is 67.5 cm³/mol. The Balaban J connectivity index is 2.36. The minimum Gasteiger partial charge on any atom is -0.352 e. The average Bonchev–Trinajstić information content (AvgIpc) is 2.36. The highest BCUT2D eigenvalue weighted by atomic mass is 16.1. The number of rotatable bonds is 2. The van der Waals surface area contributed by atoms with E-state index in [1.54, 1.807) is 16.9 Å². The molecule has 1 N–H and O–H groups in total. The number of carbonyl (C=O) groups is 1. The quantitative estimate of drug-likeness (QED) is 0.461. The van der Waals surface area contributed by atoms with Gasteiger partial charge in [0.2, 0.25) is 5.69 Å². The van der Waals surface area contributed by atoms with Gasteiger partial charge in [0.1, 0.15) is 6.72 Å². The fourth-order valence-corrected chi connectivity index (χ4v) is 1.80. The third kappa shape index (κ3) is 2.26. The molecule has 0 saturated carbocycles. The lowest BCUT2D eigenvalue weighted by molar-refractivity contribution is -0.349. The normalized spacial score (nSPS) is 13.9. The molecule has 1 aliphatic rings. The fraction of sp³-hybridized carbons (Fsp3) is 0.143. The number of amides is 1. The van der Waals surface area contributed by atoms with E-state index in [2.05, 4.69) is 18.0 Å². The van der Waals surface area contributed by atoms with Gasteiger partial charge in [-0.1, -0.05) is 12.0 Å². The first-order chi connectivity index (χ1) is 8.22. The van der Waals surface area contributed by atoms with E-state index < -0.39 is 0 Å². The van der Waals surface area contributed by atoms with E-state index in [0.29, 0.717) is 6.54 Å². The van der Waals surface area contributed by atoms with E-state index in [1.165, 1.54) is 0 Å². The molecule has 1 aromatic rings. The summed E-state index contributed by atoms with van der Waals surface area (Å²) in [6, 6.07) is 5.73. The van der Waals surface area contributed by atoms with Crippen LogP contribution < -0.4 is 5.32 Å². The lowest BCUT2D eigenvalue weighted by Gasteiger charge is -2.15. The van der Waals surface area contributed by atoms with Crippen LogP contribution in [0.5, 0.6) is 0 Å². The third-order valence-corrected chi connectivity index (χ3v) is 2.70. The smallest absolute Gasteiger partial charge is 0.251 e. The summed E-state index contributed by atoms with van der Waals surface area (Å²) in [5.41, 5.74) is 2.63. The van der Waals surface area contributed by atoms with Crippen molar-refractivity contribution in [2.45, 2.75) is 6.42 Å². The summed E-state index contributed by atoms with van der Waals surface area (Å²) >= 11 is 0. The average molecular weight is 225 g/mol. The van der Waals surface area contributed by atoms with Gasteiger partial charge in [0, 0.05) is 24.2 Å². The van der Waals surface area contributed by atoms with Gasteiger partial charge < -0.3 is 5.32 Å². The van der Waals surface area contributed by atoms with Crippen molar-refractivity contribution in [3.63, 3.8) is 0 Å². The van der Waals surface area contributed by atoms with Crippen molar-refractivity contribution in [1.29, 1.82) is 0 Å². The van der Waals surface area contributed by atoms with Gasteiger partial charge in [-0.25, -0.2) is 0 Å². The number of fused-ring (bicyclic) bond motifs is 1. The molecule has 2 rings (SSSR count). The summed E-state index contributed by atoms with van der Waals surface area (Å²) in [5, 5.41) is 2.82. The van der Waals surface area contributed by atoms with Crippen molar-refractivity contribution in [2.75, 3.05) is 6.54 Å². The van der Waals surface area contributed by atoms with Gasteiger partial charge in [-0.15, -0.1) is 6.42 Å². The van der Waals surface area contributed by atoms with Crippen molar-refractivity contribution in [1.82, 2.24) is 5.32 Å². The first-order valence-electron chi connectivity index (χ1n) is 5.36. The molecule has 1 aromatic carbocycles. The van der Waals surface area contributed by atoms with Crippen LogP contribution >= 0.6 is 0 Å². The third-order valence-electron chi connectivity index (χ3n) is 2.70. The second kappa shape index (κ2) is 4.67. The molecule has 0 spiro atoms. The zero-order valence-corrected chi connectivity index (χ0v) is 9.44. The van der Waals surface area contributed by atoms with E-state index in [-0.39, 0.29) is 5.91 Å². The van der Waals surface area contributed by atoms with Crippen LogP contribution in [0.25, 0.3) is 0 Å². The summed E-state index contributed by atoms with van der Waals surface area (Å²) in [6.07, 6.45) is 9.25. The number of terminal acetylenes is 1. The Morgan fingerprint density at radius 2 is 2.35 bits per heavy atom. The minimum atomic E-state index is -0.0255. The molecule has 1 amide bonds. The number of benzene rings is 1. The number of hydrogen-bond acceptors (Lipinski definition) is 1. The Labute approximate surface area is 100 Å². The lowest BCUT2D eigenvalue weighted by atomic mass is 10.00. The second-order valence-electron chi connectivity index (χ2n) is 3.80. The van der Waals surface area contributed by atoms with Crippen molar-refractivity contribution >= 4 is 18.3 Å². The Hall–Kier alpha value is -2.34. The van der Waals surface area contributed by atoms with Gasteiger partial charge in [-0.3, -0.25) is 4.79 Å². The monoisotopic (exact) mass is 225 g/mol. The van der Waals surface area contributed by atoms with Crippen LogP contribution in [0.3, 0.4) is 0 Å². The fourth-order valence-electron chi connectivity index (χ4n) is 1.80. The Bertz CT molecular complexity index is 550. The maximum atomic E-state index is 11.7. The van der Waals surface area contributed by atoms with Crippen molar-refractivity contribution in [3.05, 3.63) is 41.6 Å². The molecule has 0 aliphatic carbocycles. The molecule has 1 aliphatic heterocycles. The van der Waals surface area contributed by atoms with Gasteiger partial charge in [-0.2, -0.15) is 4.58 Å². The SMILES string of the molecule is C#CC=C[N+](=C)c1ccc2c(c1)C(=O)NCC2. The molecule has 0 saturated heterocycles. The van der Waals surface area contributed by atoms with Crippen molar-refractivity contribution < 1.29 is 9.37 Å². The van der Waals surface area contributed by atoms with Crippen LogP contribution in [-0.4, -0.2) is 23.7 Å². The summed E-state index contributed by atoms with van der Waals surface area (Å²) in [4.78, 5) is 11.7. The first kappa shape index (κ1) is 11.2. The molecule has 0 fully saturated rings. The van der Waals surface area contributed by atoms with Crippen LogP contribution in [0.2, 0.25) is 0 Å². The molecule has 3 nitrogen and oxygen atoms in total. The highest BCUT2D eigenvalue weighted by molar-refractivity contribution is 5.97. The van der Waals surface area contributed by atoms with E-state index in [4.69, 9.17) is 6.42 Å². The Morgan fingerprint density at radius 1 is 1.53 bits per heavy atom. The molecule has 0 unspecified atom stereocenters. The molecule has 17 heavy (non-hydrogen) atoms. The topological polar surface area (TPSA) is 32.1 Å². The summed E-state index contributed by atoms with van der Waals surface area (Å²) < 4.78 is 1.64. The second-order valence-corrected chi connectivity index (χ2v) is 3.80. The van der Waals surface area contributed by atoms with Gasteiger partial charge >= 0.3 is 0 Å². The van der Waals surface area contributed by atoms with Crippen LogP contribution in [0.4, 0.5) is 5.69 Å². The van der Waals surface area contributed by atoms with E-state index in [0.717, 1.165) is 23.2 Å². The van der Waals surface area contributed by atoms with Crippen LogP contribution in [0.15, 0.2) is 30.5 Å². The molecular weight excluding hydrogens is 212 g/mol. The molecule has 0 bridgehead atoms. The number of nitrogens with one attached hydrogen (secondary N) is 1. The maximum absolute atomic E-state index is 11.7. The number of hydrogen-bond donors (Lipinski definition) is 1. The van der Waals surface area contributed by atoms with Gasteiger partial charge in [-0.05, 0) is 12.0 Å². The van der Waals surface area contributed by atoms with Gasteiger partial charge in [0.25, 0.3) is 5.91 Å². The van der Waals surface area contributed by atoms with Crippen molar-refractivity contribution in [3.8, 4) is 12.3 Å². The minimum absolute atomic E-state index is 0.0255. The van der Waals surface area contributed by atoms with Crippen molar-refractivity contribution in [2.24, 2.45) is 0 Å². The molecule has 3 heteroatoms. The highest BCUT2D eigenvalue weighted by Gasteiger charge is 2.18.